The average Bonchev–Trinajstić information content (AvgIpc) is 3.20. The molecule has 0 bridgehead atoms. The number of esters is 1. The maximum Gasteiger partial charge on any atom is 0.340 e. The summed E-state index contributed by atoms with van der Waals surface area (Å²) in [6, 6.07) is 24.8. The summed E-state index contributed by atoms with van der Waals surface area (Å²) in [6.07, 6.45) is 0. The van der Waals surface area contributed by atoms with Crippen molar-refractivity contribution in [3.63, 3.8) is 0 Å². The maximum absolute atomic E-state index is 13.2. The minimum Gasteiger partial charge on any atom is -0.506 e. The predicted molar refractivity (Wildman–Crippen MR) is 144 cm³/mol. The number of benzene rings is 4. The number of anilines is 3. The van der Waals surface area contributed by atoms with Gasteiger partial charge >= 0.3 is 5.97 Å². The zero-order valence-electron chi connectivity index (χ0n) is 21.0. The quantitative estimate of drug-likeness (QED) is 0.234. The Morgan fingerprint density at radius 2 is 1.59 bits per heavy atom. The summed E-state index contributed by atoms with van der Waals surface area (Å²) in [6.45, 7) is 7.94. The largest absolute Gasteiger partial charge is 0.506 e. The minimum absolute atomic E-state index is 0.0374. The van der Waals surface area contributed by atoms with Gasteiger partial charge in [0.05, 0.1) is 11.3 Å². The molecule has 0 saturated heterocycles. The summed E-state index contributed by atoms with van der Waals surface area (Å²) in [5.41, 5.74) is 4.97. The summed E-state index contributed by atoms with van der Waals surface area (Å²) >= 11 is 0. The third-order valence-electron chi connectivity index (χ3n) is 7.27. The topological polar surface area (TPSA) is 71.0 Å². The molecule has 0 aromatic heterocycles. The van der Waals surface area contributed by atoms with Crippen molar-refractivity contribution in [3.8, 4) is 17.2 Å². The van der Waals surface area contributed by atoms with Crippen LogP contribution in [-0.4, -0.2) is 24.2 Å². The van der Waals surface area contributed by atoms with Crippen molar-refractivity contribution >= 4 is 23.0 Å². The van der Waals surface area contributed by atoms with Crippen LogP contribution in [0, 0.1) is 6.92 Å². The molecule has 2 aliphatic heterocycles. The van der Waals surface area contributed by atoms with Gasteiger partial charge in [0.2, 0.25) is 0 Å². The number of ether oxygens (including phenoxy) is 2. The lowest BCUT2D eigenvalue weighted by Crippen LogP contribution is -2.33. The monoisotopic (exact) mass is 492 g/mol. The standard InChI is InChI=1S/C31H28N2O4/c1-4-33(5-2)21-14-15-24-28(16-21)36-29-18-27(34)26(32-20-12-10-19(3)11-13-20)17-25(29)31(24)23-9-7-6-8-22(23)30(35)37-31/h6-18,32,34H,4-5H2,1-3H3. The second-order valence-corrected chi connectivity index (χ2v) is 9.43. The number of nitrogens with zero attached hydrogens (tertiary/aromatic N) is 1. The third kappa shape index (κ3) is 3.51. The van der Waals surface area contributed by atoms with Crippen molar-refractivity contribution in [1.29, 1.82) is 0 Å². The van der Waals surface area contributed by atoms with E-state index in [4.69, 9.17) is 9.47 Å². The Bertz CT molecular complexity index is 1530. The summed E-state index contributed by atoms with van der Waals surface area (Å²) < 4.78 is 12.7. The van der Waals surface area contributed by atoms with Crippen LogP contribution in [0.1, 0.15) is 46.5 Å². The van der Waals surface area contributed by atoms with E-state index in [1.165, 1.54) is 0 Å². The number of hydrogen-bond donors (Lipinski definition) is 2. The molecule has 6 nitrogen and oxygen atoms in total. The fraction of sp³-hybridized carbons (Fsp3) is 0.194. The number of phenolic OH excluding ortho intramolecular Hbond substituents is 1. The van der Waals surface area contributed by atoms with Crippen LogP contribution in [0.5, 0.6) is 17.2 Å². The Kier molecular flexibility index (Phi) is 5.33. The highest BCUT2D eigenvalue weighted by atomic mass is 16.6. The highest BCUT2D eigenvalue weighted by Gasteiger charge is 2.53. The molecule has 0 fully saturated rings. The molecule has 6 heteroatoms. The van der Waals surface area contributed by atoms with Crippen molar-refractivity contribution < 1.29 is 19.4 Å². The van der Waals surface area contributed by atoms with Crippen molar-refractivity contribution in [1.82, 2.24) is 0 Å². The fourth-order valence-electron chi connectivity index (χ4n) is 5.37. The molecule has 37 heavy (non-hydrogen) atoms. The van der Waals surface area contributed by atoms with Gasteiger partial charge in [-0.1, -0.05) is 35.9 Å². The molecule has 2 aliphatic rings. The minimum atomic E-state index is -1.20. The molecule has 4 aromatic carbocycles. The second-order valence-electron chi connectivity index (χ2n) is 9.43. The van der Waals surface area contributed by atoms with Crippen LogP contribution in [0.25, 0.3) is 0 Å². The molecule has 0 aliphatic carbocycles. The molecule has 0 saturated carbocycles. The molecule has 0 radical (unpaired) electrons. The number of rotatable bonds is 5. The molecule has 2 heterocycles. The predicted octanol–water partition coefficient (Wildman–Crippen LogP) is 6.86. The number of hydrogen-bond acceptors (Lipinski definition) is 6. The van der Waals surface area contributed by atoms with E-state index < -0.39 is 5.60 Å². The first kappa shape index (κ1) is 23.0. The normalized spacial score (nSPS) is 16.9. The molecule has 1 spiro atoms. The summed E-state index contributed by atoms with van der Waals surface area (Å²) in [5, 5.41) is 14.3. The van der Waals surface area contributed by atoms with E-state index in [0.29, 0.717) is 28.3 Å². The van der Waals surface area contributed by atoms with E-state index in [9.17, 15) is 9.90 Å². The summed E-state index contributed by atoms with van der Waals surface area (Å²) in [4.78, 5) is 15.4. The lowest BCUT2D eigenvalue weighted by atomic mass is 9.77. The van der Waals surface area contributed by atoms with Gasteiger partial charge in [-0.05, 0) is 57.2 Å². The van der Waals surface area contributed by atoms with Crippen LogP contribution < -0.4 is 15.0 Å². The van der Waals surface area contributed by atoms with E-state index in [1.807, 2.05) is 73.7 Å². The highest BCUT2D eigenvalue weighted by Crippen LogP contribution is 2.58. The van der Waals surface area contributed by atoms with Gasteiger partial charge in [0.15, 0.2) is 5.60 Å². The van der Waals surface area contributed by atoms with Crippen LogP contribution in [0.4, 0.5) is 17.1 Å². The van der Waals surface area contributed by atoms with E-state index in [-0.39, 0.29) is 11.7 Å². The van der Waals surface area contributed by atoms with Crippen molar-refractivity contribution in [2.24, 2.45) is 0 Å². The first-order valence-electron chi connectivity index (χ1n) is 12.6. The number of phenols is 1. The third-order valence-corrected chi connectivity index (χ3v) is 7.27. The molecular weight excluding hydrogens is 464 g/mol. The van der Waals surface area contributed by atoms with Gasteiger partial charge in [0.1, 0.15) is 17.2 Å². The number of nitrogens with one attached hydrogen (secondary N) is 1. The number of carbonyl (C=O) groups excluding carboxylic acids is 1. The van der Waals surface area contributed by atoms with Crippen LogP contribution in [0.15, 0.2) is 78.9 Å². The second kappa shape index (κ2) is 8.59. The van der Waals surface area contributed by atoms with Crippen LogP contribution in [-0.2, 0) is 10.3 Å². The molecule has 1 atom stereocenters. The lowest BCUT2D eigenvalue weighted by molar-refractivity contribution is 0.0224. The number of carbonyl (C=O) groups is 1. The van der Waals surface area contributed by atoms with Gasteiger partial charge in [-0.15, -0.1) is 0 Å². The first-order valence-corrected chi connectivity index (χ1v) is 12.6. The Morgan fingerprint density at radius 1 is 0.865 bits per heavy atom. The smallest absolute Gasteiger partial charge is 0.340 e. The Morgan fingerprint density at radius 3 is 2.35 bits per heavy atom. The molecule has 0 amide bonds. The van der Waals surface area contributed by atoms with Crippen molar-refractivity contribution in [3.05, 3.63) is 107 Å². The first-order chi connectivity index (χ1) is 17.9. The number of aryl methyl sites for hydroxylation is 1. The molecular formula is C31H28N2O4. The van der Waals surface area contributed by atoms with E-state index in [2.05, 4.69) is 24.1 Å². The fourth-order valence-corrected chi connectivity index (χ4v) is 5.37. The zero-order chi connectivity index (χ0) is 25.7. The van der Waals surface area contributed by atoms with E-state index in [0.717, 1.165) is 41.2 Å². The Labute approximate surface area is 216 Å². The van der Waals surface area contributed by atoms with Crippen molar-refractivity contribution in [2.75, 3.05) is 23.3 Å². The van der Waals surface area contributed by atoms with Crippen LogP contribution >= 0.6 is 0 Å². The van der Waals surface area contributed by atoms with E-state index in [1.54, 1.807) is 12.1 Å². The SMILES string of the molecule is CCN(CC)c1ccc2c(c1)Oc1cc(O)c(Nc3ccc(C)cc3)cc1C21OC(=O)c2ccccc21. The summed E-state index contributed by atoms with van der Waals surface area (Å²) in [7, 11) is 0. The number of fused-ring (bicyclic) bond motifs is 6. The van der Waals surface area contributed by atoms with Crippen LogP contribution in [0.2, 0.25) is 0 Å². The number of aromatic hydroxyl groups is 1. The van der Waals surface area contributed by atoms with Gasteiger partial charge in [-0.3, -0.25) is 0 Å². The Balaban J connectivity index is 1.57. The van der Waals surface area contributed by atoms with Gasteiger partial charge < -0.3 is 24.8 Å². The molecule has 1 unspecified atom stereocenters. The Hall–Kier alpha value is -4.45. The zero-order valence-corrected chi connectivity index (χ0v) is 21.0. The van der Waals surface area contributed by atoms with Gasteiger partial charge in [-0.25, -0.2) is 4.79 Å². The van der Waals surface area contributed by atoms with Crippen molar-refractivity contribution in [2.45, 2.75) is 26.4 Å². The molecule has 2 N–H and O–H groups in total. The van der Waals surface area contributed by atoms with E-state index >= 15 is 0 Å². The van der Waals surface area contributed by atoms with Gasteiger partial charge in [-0.2, -0.15) is 0 Å². The lowest BCUT2D eigenvalue weighted by Gasteiger charge is -2.37. The molecule has 186 valence electrons. The van der Waals surface area contributed by atoms with Gasteiger partial charge in [0.25, 0.3) is 0 Å². The molecule has 6 rings (SSSR count). The summed E-state index contributed by atoms with van der Waals surface area (Å²) in [5.74, 6) is 0.694. The average molecular weight is 493 g/mol. The van der Waals surface area contributed by atoms with Crippen LogP contribution in [0.3, 0.4) is 0 Å². The maximum atomic E-state index is 13.2. The van der Waals surface area contributed by atoms with Gasteiger partial charge in [0, 0.05) is 53.3 Å². The molecule has 4 aromatic rings. The highest BCUT2D eigenvalue weighted by molar-refractivity contribution is 5.97.